The van der Waals surface area contributed by atoms with Crippen LogP contribution in [0, 0.1) is 0 Å². The molecule has 0 saturated carbocycles. The molecule has 1 N–H and O–H groups in total. The maximum atomic E-state index is 5.09. The summed E-state index contributed by atoms with van der Waals surface area (Å²) in [5.74, 6) is 0. The second-order valence-electron chi connectivity index (χ2n) is 2.49. The molecule has 13 heavy (non-hydrogen) atoms. The molecule has 0 aromatic heterocycles. The number of hydrogen-bond acceptors (Lipinski definition) is 5. The summed E-state index contributed by atoms with van der Waals surface area (Å²) in [4.78, 5) is 0. The van der Waals surface area contributed by atoms with Gasteiger partial charge in [0.25, 0.3) is 0 Å². The van der Waals surface area contributed by atoms with Crippen LogP contribution in [0.15, 0.2) is 0 Å². The minimum absolute atomic E-state index is 0.162. The Balaban J connectivity index is 4.26. The van der Waals surface area contributed by atoms with Gasteiger partial charge in [0, 0.05) is 28.4 Å². The molecule has 0 aromatic carbocycles. The molecule has 0 aromatic rings. The lowest BCUT2D eigenvalue weighted by Crippen LogP contribution is -2.50. The first-order valence-corrected chi connectivity index (χ1v) is 4.03. The Morgan fingerprint density at radius 1 is 0.769 bits per heavy atom. The normalized spacial score (nSPS) is 12.0. The molecule has 80 valence electrons. The molecule has 0 rings (SSSR count). The Hall–Kier alpha value is -0.200. The number of rotatable bonds is 7. The molecule has 0 saturated heterocycles. The van der Waals surface area contributed by atoms with Crippen molar-refractivity contribution >= 4 is 0 Å². The van der Waals surface area contributed by atoms with E-state index >= 15 is 0 Å². The number of methoxy groups -OCH3 is 4. The summed E-state index contributed by atoms with van der Waals surface area (Å²) in [6.07, 6.45) is -0.787. The van der Waals surface area contributed by atoms with E-state index in [0.717, 1.165) is 0 Å². The third-order valence-corrected chi connectivity index (χ3v) is 1.85. The number of ether oxygens (including phenoxy) is 4. The van der Waals surface area contributed by atoms with Gasteiger partial charge >= 0.3 is 0 Å². The molecule has 0 amide bonds. The lowest BCUT2D eigenvalue weighted by molar-refractivity contribution is -0.199. The molecule has 0 bridgehead atoms. The zero-order valence-electron chi connectivity index (χ0n) is 8.87. The topological polar surface area (TPSA) is 49.0 Å². The molecule has 0 spiro atoms. The summed E-state index contributed by atoms with van der Waals surface area (Å²) in [6.45, 7) is 0. The number of likely N-dealkylation sites (N-methyl/N-ethyl adjacent to an activating group) is 1. The zero-order chi connectivity index (χ0) is 10.3. The largest absolute Gasteiger partial charge is 0.354 e. The van der Waals surface area contributed by atoms with Crippen molar-refractivity contribution in [2.45, 2.75) is 18.6 Å². The molecule has 5 nitrogen and oxygen atoms in total. The van der Waals surface area contributed by atoms with Crippen molar-refractivity contribution in [2.24, 2.45) is 0 Å². The van der Waals surface area contributed by atoms with Crippen molar-refractivity contribution in [1.29, 1.82) is 0 Å². The fraction of sp³-hybridized carbons (Fsp3) is 1.00. The molecular weight excluding hydrogens is 174 g/mol. The van der Waals surface area contributed by atoms with E-state index in [9.17, 15) is 0 Å². The smallest absolute Gasteiger partial charge is 0.176 e. The fourth-order valence-electron chi connectivity index (χ4n) is 1.18. The highest BCUT2D eigenvalue weighted by atomic mass is 16.7. The van der Waals surface area contributed by atoms with Crippen LogP contribution in [-0.4, -0.2) is 54.1 Å². The van der Waals surface area contributed by atoms with Crippen LogP contribution in [0.2, 0.25) is 0 Å². The third-order valence-electron chi connectivity index (χ3n) is 1.85. The highest BCUT2D eigenvalue weighted by Crippen LogP contribution is 2.07. The molecule has 0 fully saturated rings. The quantitative estimate of drug-likeness (QED) is 0.568. The van der Waals surface area contributed by atoms with Crippen LogP contribution in [0.3, 0.4) is 0 Å². The number of hydrogen-bond donors (Lipinski definition) is 1. The van der Waals surface area contributed by atoms with Crippen LogP contribution in [-0.2, 0) is 18.9 Å². The van der Waals surface area contributed by atoms with Gasteiger partial charge in [-0.3, -0.25) is 0 Å². The summed E-state index contributed by atoms with van der Waals surface area (Å²) in [7, 11) is 8.07. The summed E-state index contributed by atoms with van der Waals surface area (Å²) in [5, 5.41) is 3.01. The van der Waals surface area contributed by atoms with Gasteiger partial charge in [-0.1, -0.05) is 0 Å². The SMILES string of the molecule is CNC(C(OC)OC)C(OC)OC. The predicted octanol–water partition coefficient (Wildman–Crippen LogP) is -0.188. The Morgan fingerprint density at radius 3 is 1.23 bits per heavy atom. The van der Waals surface area contributed by atoms with Gasteiger partial charge in [0.15, 0.2) is 12.6 Å². The molecule has 0 aliphatic carbocycles. The first kappa shape index (κ1) is 12.8. The van der Waals surface area contributed by atoms with Crippen molar-refractivity contribution in [2.75, 3.05) is 35.5 Å². The lowest BCUT2D eigenvalue weighted by atomic mass is 10.2. The summed E-state index contributed by atoms with van der Waals surface area (Å²) in [6, 6.07) is -0.162. The highest BCUT2D eigenvalue weighted by molar-refractivity contribution is 4.72. The van der Waals surface area contributed by atoms with E-state index in [1.807, 2.05) is 0 Å². The predicted molar refractivity (Wildman–Crippen MR) is 48.5 cm³/mol. The molecule has 0 heterocycles. The minimum atomic E-state index is -0.394. The molecule has 0 unspecified atom stereocenters. The van der Waals surface area contributed by atoms with E-state index in [1.54, 1.807) is 35.5 Å². The Morgan fingerprint density at radius 2 is 1.08 bits per heavy atom. The van der Waals surface area contributed by atoms with Crippen molar-refractivity contribution < 1.29 is 18.9 Å². The lowest BCUT2D eigenvalue weighted by Gasteiger charge is -2.29. The molecule has 0 aliphatic heterocycles. The van der Waals surface area contributed by atoms with E-state index in [2.05, 4.69) is 5.32 Å². The van der Waals surface area contributed by atoms with E-state index in [-0.39, 0.29) is 6.04 Å². The molecule has 0 radical (unpaired) electrons. The third kappa shape index (κ3) is 3.58. The van der Waals surface area contributed by atoms with Crippen molar-refractivity contribution in [3.8, 4) is 0 Å². The van der Waals surface area contributed by atoms with Gasteiger partial charge in [-0.25, -0.2) is 0 Å². The van der Waals surface area contributed by atoms with Crippen LogP contribution < -0.4 is 5.32 Å². The molecule has 0 atom stereocenters. The van der Waals surface area contributed by atoms with Crippen molar-refractivity contribution in [3.05, 3.63) is 0 Å². The maximum Gasteiger partial charge on any atom is 0.176 e. The van der Waals surface area contributed by atoms with Crippen LogP contribution >= 0.6 is 0 Å². The van der Waals surface area contributed by atoms with E-state index in [1.165, 1.54) is 0 Å². The minimum Gasteiger partial charge on any atom is -0.354 e. The monoisotopic (exact) mass is 193 g/mol. The number of nitrogens with one attached hydrogen (secondary N) is 1. The van der Waals surface area contributed by atoms with E-state index in [0.29, 0.717) is 0 Å². The highest BCUT2D eigenvalue weighted by Gasteiger charge is 2.28. The van der Waals surface area contributed by atoms with Gasteiger partial charge in [0.05, 0.1) is 0 Å². The van der Waals surface area contributed by atoms with Gasteiger partial charge in [-0.2, -0.15) is 0 Å². The fourth-order valence-corrected chi connectivity index (χ4v) is 1.18. The van der Waals surface area contributed by atoms with Gasteiger partial charge in [0.1, 0.15) is 6.04 Å². The molecule has 5 heteroatoms. The van der Waals surface area contributed by atoms with Gasteiger partial charge < -0.3 is 24.3 Å². The summed E-state index contributed by atoms with van der Waals surface area (Å²) < 4.78 is 20.4. The Bertz CT molecular complexity index is 103. The van der Waals surface area contributed by atoms with Crippen LogP contribution in [0.25, 0.3) is 0 Å². The second kappa shape index (κ2) is 7.23. The van der Waals surface area contributed by atoms with Gasteiger partial charge in [-0.05, 0) is 7.05 Å². The standard InChI is InChI=1S/C8H19NO4/c1-9-6(7(10-2)11-3)8(12-4)13-5/h6-9H,1-5H3. The van der Waals surface area contributed by atoms with Gasteiger partial charge in [-0.15, -0.1) is 0 Å². The summed E-state index contributed by atoms with van der Waals surface area (Å²) >= 11 is 0. The van der Waals surface area contributed by atoms with E-state index < -0.39 is 12.6 Å². The average Bonchev–Trinajstić information content (AvgIpc) is 2.18. The van der Waals surface area contributed by atoms with Crippen LogP contribution in [0.1, 0.15) is 0 Å². The van der Waals surface area contributed by atoms with Crippen LogP contribution in [0.4, 0.5) is 0 Å². The van der Waals surface area contributed by atoms with Crippen molar-refractivity contribution in [3.63, 3.8) is 0 Å². The first-order valence-electron chi connectivity index (χ1n) is 4.03. The van der Waals surface area contributed by atoms with Gasteiger partial charge in [0.2, 0.25) is 0 Å². The van der Waals surface area contributed by atoms with E-state index in [4.69, 9.17) is 18.9 Å². The first-order chi connectivity index (χ1) is 6.24. The Kier molecular flexibility index (Phi) is 7.12. The van der Waals surface area contributed by atoms with Crippen molar-refractivity contribution in [1.82, 2.24) is 5.32 Å². The maximum absolute atomic E-state index is 5.09. The second-order valence-corrected chi connectivity index (χ2v) is 2.49. The molecular formula is C8H19NO4. The summed E-state index contributed by atoms with van der Waals surface area (Å²) in [5.41, 5.74) is 0. The zero-order valence-corrected chi connectivity index (χ0v) is 8.87. The Labute approximate surface area is 79.3 Å². The van der Waals surface area contributed by atoms with Crippen LogP contribution in [0.5, 0.6) is 0 Å². The molecule has 0 aliphatic rings. The average molecular weight is 193 g/mol.